The highest BCUT2D eigenvalue weighted by molar-refractivity contribution is 7.17. The average molecular weight is 427 g/mol. The zero-order chi connectivity index (χ0) is 20.7. The summed E-state index contributed by atoms with van der Waals surface area (Å²) >= 11 is 1.62. The van der Waals surface area contributed by atoms with Crippen molar-refractivity contribution in [2.75, 3.05) is 0 Å². The minimum atomic E-state index is -4.94. The lowest BCUT2D eigenvalue weighted by atomic mass is 10.2. The van der Waals surface area contributed by atoms with E-state index in [0.29, 0.717) is 0 Å². The maximum atomic E-state index is 8.49. The van der Waals surface area contributed by atoms with Crippen LogP contribution in [0, 0.1) is 10.2 Å². The van der Waals surface area contributed by atoms with E-state index in [1.54, 1.807) is 11.3 Å². The average Bonchev–Trinajstić information content (AvgIpc) is 2.74. The van der Waals surface area contributed by atoms with E-state index in [-0.39, 0.29) is 0 Å². The Morgan fingerprint density at radius 2 is 0.828 bits per heavy atom. The highest BCUT2D eigenvalue weighted by Crippen LogP contribution is 2.31. The quantitative estimate of drug-likeness (QED) is 0.452. The lowest BCUT2D eigenvalue weighted by molar-refractivity contribution is -2.00. The molecule has 0 saturated heterocycles. The van der Waals surface area contributed by atoms with Crippen LogP contribution in [0.15, 0.2) is 91.0 Å². The van der Waals surface area contributed by atoms with Gasteiger partial charge < -0.3 is 0 Å². The lowest BCUT2D eigenvalue weighted by Crippen LogP contribution is -2.68. The summed E-state index contributed by atoms with van der Waals surface area (Å²) in [7, 11) is -4.94. The molecule has 4 aromatic rings. The van der Waals surface area contributed by atoms with E-state index in [4.69, 9.17) is 28.6 Å². The molecule has 0 aliphatic rings. The first-order valence-electron chi connectivity index (χ1n) is 8.40. The summed E-state index contributed by atoms with van der Waals surface area (Å²) in [5.74, 6) is 0.757. The number of nitrogens with zero attached hydrogens (tertiary/aromatic N) is 2. The second-order valence-corrected chi connectivity index (χ2v) is 7.47. The molecule has 0 saturated carbocycles. The highest BCUT2D eigenvalue weighted by Gasteiger charge is 2.22. The molecular formula is C21H15ClN2O4S. The summed E-state index contributed by atoms with van der Waals surface area (Å²) in [5.41, 5.74) is 3.25. The van der Waals surface area contributed by atoms with E-state index in [9.17, 15) is 0 Å². The molecule has 0 amide bonds. The van der Waals surface area contributed by atoms with Crippen LogP contribution in [0.2, 0.25) is 0 Å². The van der Waals surface area contributed by atoms with Gasteiger partial charge in [0.25, 0.3) is 11.3 Å². The molecule has 146 valence electrons. The third-order valence-electron chi connectivity index (χ3n) is 3.68. The first-order chi connectivity index (χ1) is 13.9. The van der Waals surface area contributed by atoms with Crippen LogP contribution in [0.1, 0.15) is 0 Å². The van der Waals surface area contributed by atoms with Gasteiger partial charge in [0.05, 0.1) is 11.1 Å². The molecule has 0 radical (unpaired) electrons. The number of rotatable bonds is 3. The molecule has 29 heavy (non-hydrogen) atoms. The van der Waals surface area contributed by atoms with Crippen LogP contribution in [-0.2, 0) is 0 Å². The number of hydrogen-bond donors (Lipinski definition) is 0. The molecule has 0 aliphatic heterocycles. The van der Waals surface area contributed by atoms with Crippen LogP contribution < -0.4 is 18.6 Å². The van der Waals surface area contributed by atoms with Crippen molar-refractivity contribution >= 4 is 11.3 Å². The SMILES string of the molecule is [O-][Cl+3]([O-])([O-])[O-].c1ccc(-c2nc(-c3ccccc3)[s+]c(-c3ccccc3)n2)cc1. The number of halogens is 1. The molecule has 0 bridgehead atoms. The van der Waals surface area contributed by atoms with Gasteiger partial charge in [-0.1, -0.05) is 66.7 Å². The van der Waals surface area contributed by atoms with E-state index < -0.39 is 10.2 Å². The Kier molecular flexibility index (Phi) is 6.95. The Balaban J connectivity index is 0.000000431. The second kappa shape index (κ2) is 9.62. The minimum Gasteiger partial charge on any atom is -0.222 e. The predicted molar refractivity (Wildman–Crippen MR) is 101 cm³/mol. The summed E-state index contributed by atoms with van der Waals surface area (Å²) in [6.45, 7) is 0. The van der Waals surface area contributed by atoms with Gasteiger partial charge in [0.15, 0.2) is 5.82 Å². The number of hydrogen-bond acceptors (Lipinski definition) is 6. The van der Waals surface area contributed by atoms with Crippen molar-refractivity contribution in [3.05, 3.63) is 91.0 Å². The molecule has 0 unspecified atom stereocenters. The molecule has 1 aromatic heterocycles. The Morgan fingerprint density at radius 1 is 0.517 bits per heavy atom. The summed E-state index contributed by atoms with van der Waals surface area (Å²) < 4.78 is 34.0. The van der Waals surface area contributed by atoms with Crippen molar-refractivity contribution < 1.29 is 28.9 Å². The summed E-state index contributed by atoms with van der Waals surface area (Å²) in [6.07, 6.45) is 0. The van der Waals surface area contributed by atoms with Gasteiger partial charge in [0.2, 0.25) is 0 Å². The molecule has 0 N–H and O–H groups in total. The topological polar surface area (TPSA) is 118 Å². The first-order valence-corrected chi connectivity index (χ1v) is 10.5. The van der Waals surface area contributed by atoms with Crippen LogP contribution >= 0.6 is 11.3 Å². The van der Waals surface area contributed by atoms with Crippen molar-refractivity contribution in [2.24, 2.45) is 0 Å². The molecule has 0 spiro atoms. The van der Waals surface area contributed by atoms with Crippen LogP contribution in [0.4, 0.5) is 0 Å². The number of aromatic nitrogens is 2. The van der Waals surface area contributed by atoms with Crippen molar-refractivity contribution in [3.63, 3.8) is 0 Å². The molecule has 0 fully saturated rings. The maximum Gasteiger partial charge on any atom is 0.335 e. The van der Waals surface area contributed by atoms with Crippen LogP contribution in [0.3, 0.4) is 0 Å². The standard InChI is InChI=1S/C21H15N2S.ClHO4/c1-4-10-16(11-5-1)19-22-20(17-12-6-2-7-13-17)24-21(23-19)18-14-8-3-9-15-18;2-1(3,4)5/h1-15H;(H,2,3,4,5)/q+1;/p-1. The van der Waals surface area contributed by atoms with Crippen LogP contribution in [0.25, 0.3) is 32.5 Å². The van der Waals surface area contributed by atoms with Crippen molar-refractivity contribution in [2.45, 2.75) is 0 Å². The Hall–Kier alpha value is -2.78. The molecule has 8 heteroatoms. The van der Waals surface area contributed by atoms with Crippen LogP contribution in [-0.4, -0.2) is 9.97 Å². The van der Waals surface area contributed by atoms with E-state index in [2.05, 4.69) is 24.3 Å². The summed E-state index contributed by atoms with van der Waals surface area (Å²) in [5, 5.41) is 1.95. The fraction of sp³-hybridized carbons (Fsp3) is 0. The predicted octanol–water partition coefficient (Wildman–Crippen LogP) is 1.06. The van der Waals surface area contributed by atoms with Gasteiger partial charge in [0.1, 0.15) is 0 Å². The fourth-order valence-corrected chi connectivity index (χ4v) is 3.43. The van der Waals surface area contributed by atoms with Crippen molar-refractivity contribution in [1.82, 2.24) is 9.97 Å². The zero-order valence-corrected chi connectivity index (χ0v) is 16.5. The molecule has 4 rings (SSSR count). The normalized spacial score (nSPS) is 10.8. The maximum absolute atomic E-state index is 8.49. The van der Waals surface area contributed by atoms with Crippen molar-refractivity contribution in [3.8, 4) is 32.5 Å². The Bertz CT molecular complexity index is 901. The van der Waals surface area contributed by atoms with Gasteiger partial charge in [0, 0.05) is 5.56 Å². The van der Waals surface area contributed by atoms with Gasteiger partial charge in [-0.15, -0.1) is 10.2 Å². The van der Waals surface area contributed by atoms with Gasteiger partial charge in [-0.2, -0.15) is 9.97 Å². The van der Waals surface area contributed by atoms with E-state index in [0.717, 1.165) is 32.5 Å². The van der Waals surface area contributed by atoms with E-state index in [1.165, 1.54) is 0 Å². The van der Waals surface area contributed by atoms with Gasteiger partial charge >= 0.3 is 10.0 Å². The molecule has 0 atom stereocenters. The van der Waals surface area contributed by atoms with Gasteiger partial charge in [-0.25, -0.2) is 18.6 Å². The largest absolute Gasteiger partial charge is 0.335 e. The third-order valence-corrected chi connectivity index (χ3v) is 4.72. The smallest absolute Gasteiger partial charge is 0.222 e. The Labute approximate surface area is 173 Å². The Morgan fingerprint density at radius 3 is 1.17 bits per heavy atom. The van der Waals surface area contributed by atoms with Gasteiger partial charge in [-0.3, -0.25) is 0 Å². The molecule has 1 heterocycles. The van der Waals surface area contributed by atoms with E-state index >= 15 is 0 Å². The number of benzene rings is 3. The summed E-state index contributed by atoms with van der Waals surface area (Å²) in [4.78, 5) is 9.61. The molecule has 3 aromatic carbocycles. The van der Waals surface area contributed by atoms with Gasteiger partial charge in [-0.05, 0) is 24.3 Å². The van der Waals surface area contributed by atoms with Crippen molar-refractivity contribution in [1.29, 1.82) is 0 Å². The molecule has 0 aliphatic carbocycles. The van der Waals surface area contributed by atoms with Crippen LogP contribution in [0.5, 0.6) is 0 Å². The second-order valence-electron chi connectivity index (χ2n) is 5.74. The highest BCUT2D eigenvalue weighted by atomic mass is 35.7. The van der Waals surface area contributed by atoms with E-state index in [1.807, 2.05) is 66.7 Å². The fourth-order valence-electron chi connectivity index (χ4n) is 2.48. The monoisotopic (exact) mass is 426 g/mol. The third kappa shape index (κ3) is 6.65. The zero-order valence-electron chi connectivity index (χ0n) is 15.0. The molecule has 6 nitrogen and oxygen atoms in total. The summed E-state index contributed by atoms with van der Waals surface area (Å²) in [6, 6.07) is 30.6. The minimum absolute atomic E-state index is 0.757. The first kappa shape index (κ1) is 20.9. The lowest BCUT2D eigenvalue weighted by Gasteiger charge is -2.17. The molecular weight excluding hydrogens is 412 g/mol.